The maximum Gasteiger partial charge on any atom is 0.435 e. The normalized spacial score (nSPS) is 11.6. The molecule has 0 spiro atoms. The van der Waals surface area contributed by atoms with Crippen molar-refractivity contribution in [3.05, 3.63) is 39.9 Å². The van der Waals surface area contributed by atoms with Crippen LogP contribution in [0.25, 0.3) is 0 Å². The van der Waals surface area contributed by atoms with Gasteiger partial charge in [0.15, 0.2) is 5.69 Å². The second-order valence-corrected chi connectivity index (χ2v) is 4.67. The maximum atomic E-state index is 12.9. The monoisotopic (exact) mass is 350 g/mol. The van der Waals surface area contributed by atoms with Gasteiger partial charge in [0.25, 0.3) is 0 Å². The summed E-state index contributed by atoms with van der Waals surface area (Å²) in [6.07, 6.45) is -2.04. The van der Waals surface area contributed by atoms with Crippen LogP contribution < -0.4 is 0 Å². The van der Waals surface area contributed by atoms with Gasteiger partial charge < -0.3 is 5.11 Å². The second kappa shape index (κ2) is 5.19. The van der Waals surface area contributed by atoms with Crippen LogP contribution in [0.1, 0.15) is 21.7 Å². The average molecular weight is 351 g/mol. The van der Waals surface area contributed by atoms with Crippen molar-refractivity contribution in [1.82, 2.24) is 20.0 Å². The lowest BCUT2D eigenvalue weighted by Crippen LogP contribution is -2.19. The highest BCUT2D eigenvalue weighted by Gasteiger charge is 2.41. The zero-order valence-electron chi connectivity index (χ0n) is 9.60. The highest BCUT2D eigenvalue weighted by atomic mass is 79.9. The Hall–Kier alpha value is -1.97. The molecule has 20 heavy (non-hydrogen) atoms. The number of hydrogen-bond acceptors (Lipinski definition) is 4. The van der Waals surface area contributed by atoms with E-state index in [1.807, 2.05) is 0 Å². The Kier molecular flexibility index (Phi) is 3.75. The van der Waals surface area contributed by atoms with Crippen molar-refractivity contribution in [2.45, 2.75) is 12.7 Å². The molecule has 0 saturated heterocycles. The minimum absolute atomic E-state index is 0.290. The number of carbonyl (C=O) groups is 1. The van der Waals surface area contributed by atoms with E-state index in [2.05, 4.69) is 31.2 Å². The van der Waals surface area contributed by atoms with Crippen molar-refractivity contribution < 1.29 is 23.1 Å². The number of aromatic nitrogens is 4. The second-order valence-electron chi connectivity index (χ2n) is 3.76. The lowest BCUT2D eigenvalue weighted by molar-refractivity contribution is -0.144. The molecule has 6 nitrogen and oxygen atoms in total. The number of rotatable bonds is 3. The van der Waals surface area contributed by atoms with Gasteiger partial charge in [-0.05, 0) is 27.6 Å². The number of aromatic carboxylic acids is 1. The fourth-order valence-corrected chi connectivity index (χ4v) is 1.98. The predicted molar refractivity (Wildman–Crippen MR) is 63.0 cm³/mol. The first kappa shape index (κ1) is 14.4. The highest BCUT2D eigenvalue weighted by molar-refractivity contribution is 9.10. The van der Waals surface area contributed by atoms with Crippen molar-refractivity contribution in [2.75, 3.05) is 0 Å². The van der Waals surface area contributed by atoms with E-state index in [4.69, 9.17) is 5.11 Å². The largest absolute Gasteiger partial charge is 0.476 e. The Morgan fingerprint density at radius 1 is 1.40 bits per heavy atom. The molecule has 2 heterocycles. The number of nitrogens with zero attached hydrogens (tertiary/aromatic N) is 4. The molecule has 0 atom stereocenters. The molecule has 0 radical (unpaired) electrons. The quantitative estimate of drug-likeness (QED) is 0.917. The molecule has 10 heteroatoms. The van der Waals surface area contributed by atoms with Crippen LogP contribution in [-0.4, -0.2) is 31.1 Å². The van der Waals surface area contributed by atoms with Crippen LogP contribution in [-0.2, 0) is 12.7 Å². The van der Waals surface area contributed by atoms with Crippen LogP contribution in [0, 0.1) is 0 Å². The molecule has 0 aliphatic heterocycles. The molecule has 1 N–H and O–H groups in total. The van der Waals surface area contributed by atoms with Crippen LogP contribution in [0.2, 0.25) is 0 Å². The fourth-order valence-electron chi connectivity index (χ4n) is 1.56. The molecule has 0 aliphatic carbocycles. The fraction of sp³-hybridized carbons (Fsp3) is 0.200. The van der Waals surface area contributed by atoms with Crippen LogP contribution in [0.3, 0.4) is 0 Å². The van der Waals surface area contributed by atoms with E-state index in [-0.39, 0.29) is 6.54 Å². The third kappa shape index (κ3) is 2.95. The summed E-state index contributed by atoms with van der Waals surface area (Å²) in [5.74, 6) is -1.78. The van der Waals surface area contributed by atoms with Gasteiger partial charge in [0, 0.05) is 16.9 Å². The number of alkyl halides is 3. The molecule has 0 bridgehead atoms. The van der Waals surface area contributed by atoms with Gasteiger partial charge in [0.1, 0.15) is 0 Å². The Bertz CT molecular complexity index is 656. The summed E-state index contributed by atoms with van der Waals surface area (Å²) in [6.45, 7) is -0.290. The molecular weight excluding hydrogens is 345 g/mol. The number of halogens is 4. The van der Waals surface area contributed by atoms with Gasteiger partial charge in [-0.25, -0.2) is 9.48 Å². The van der Waals surface area contributed by atoms with Crippen molar-refractivity contribution in [2.24, 2.45) is 0 Å². The van der Waals surface area contributed by atoms with Crippen LogP contribution in [0.15, 0.2) is 22.9 Å². The number of carboxylic acids is 1. The van der Waals surface area contributed by atoms with E-state index in [9.17, 15) is 18.0 Å². The van der Waals surface area contributed by atoms with Crippen LogP contribution in [0.4, 0.5) is 13.2 Å². The van der Waals surface area contributed by atoms with Gasteiger partial charge in [-0.3, -0.25) is 4.98 Å². The summed E-state index contributed by atoms with van der Waals surface area (Å²) in [6, 6.07) is 1.55. The van der Waals surface area contributed by atoms with E-state index in [0.29, 0.717) is 14.7 Å². The van der Waals surface area contributed by atoms with E-state index < -0.39 is 23.5 Å². The topological polar surface area (TPSA) is 80.9 Å². The predicted octanol–water partition coefficient (Wildman–Crippen LogP) is 2.20. The van der Waals surface area contributed by atoms with Gasteiger partial charge in [-0.1, -0.05) is 5.21 Å². The molecule has 0 amide bonds. The Morgan fingerprint density at radius 2 is 2.10 bits per heavy atom. The van der Waals surface area contributed by atoms with Gasteiger partial charge in [-0.15, -0.1) is 5.10 Å². The van der Waals surface area contributed by atoms with Crippen molar-refractivity contribution in [1.29, 1.82) is 0 Å². The summed E-state index contributed by atoms with van der Waals surface area (Å²) in [5, 5.41) is 15.0. The van der Waals surface area contributed by atoms with Crippen LogP contribution in [0.5, 0.6) is 0 Å². The zero-order chi connectivity index (χ0) is 14.9. The Labute approximate surface area is 118 Å². The zero-order valence-corrected chi connectivity index (χ0v) is 11.2. The molecule has 106 valence electrons. The van der Waals surface area contributed by atoms with E-state index >= 15 is 0 Å². The average Bonchev–Trinajstić information content (AvgIpc) is 2.72. The Balaban J connectivity index is 2.45. The summed E-state index contributed by atoms with van der Waals surface area (Å²) in [5.41, 5.74) is -2.10. The first-order valence-electron chi connectivity index (χ1n) is 5.12. The molecule has 0 saturated carbocycles. The highest BCUT2D eigenvalue weighted by Crippen LogP contribution is 2.31. The van der Waals surface area contributed by atoms with Crippen molar-refractivity contribution in [3.8, 4) is 0 Å². The molecule has 2 aromatic rings. The number of hydrogen-bond donors (Lipinski definition) is 1. The van der Waals surface area contributed by atoms with Gasteiger partial charge in [0.05, 0.1) is 6.54 Å². The molecule has 0 unspecified atom stereocenters. The van der Waals surface area contributed by atoms with E-state index in [1.54, 1.807) is 6.07 Å². The molecule has 0 fully saturated rings. The standard InChI is InChI=1S/C10H6BrF3N4O2/c11-6-1-5(2-15-3-6)4-18-8(10(12,13)14)7(9(19)20)16-17-18/h1-3H,4H2,(H,19,20). The third-order valence-electron chi connectivity index (χ3n) is 2.30. The SMILES string of the molecule is O=C(O)c1nnn(Cc2cncc(Br)c2)c1C(F)(F)F. The van der Waals surface area contributed by atoms with Crippen LogP contribution >= 0.6 is 15.9 Å². The summed E-state index contributed by atoms with van der Waals surface area (Å²) < 4.78 is 39.8. The minimum atomic E-state index is -4.86. The molecule has 0 aromatic carbocycles. The van der Waals surface area contributed by atoms with Gasteiger partial charge >= 0.3 is 12.1 Å². The maximum absolute atomic E-state index is 12.9. The molecule has 2 aromatic heterocycles. The molecule has 0 aliphatic rings. The summed E-state index contributed by atoms with van der Waals surface area (Å²) in [7, 11) is 0. The van der Waals surface area contributed by atoms with Crippen molar-refractivity contribution in [3.63, 3.8) is 0 Å². The van der Waals surface area contributed by atoms with Gasteiger partial charge in [-0.2, -0.15) is 13.2 Å². The Morgan fingerprint density at radius 3 is 2.65 bits per heavy atom. The minimum Gasteiger partial charge on any atom is -0.476 e. The smallest absolute Gasteiger partial charge is 0.435 e. The van der Waals surface area contributed by atoms with E-state index in [0.717, 1.165) is 0 Å². The molecular formula is C10H6BrF3N4O2. The van der Waals surface area contributed by atoms with Crippen molar-refractivity contribution >= 4 is 21.9 Å². The summed E-state index contributed by atoms with van der Waals surface area (Å²) in [4.78, 5) is 14.6. The first-order chi connectivity index (χ1) is 9.29. The number of carboxylic acid groups (broad SMARTS) is 1. The third-order valence-corrected chi connectivity index (χ3v) is 2.73. The van der Waals surface area contributed by atoms with Gasteiger partial charge in [0.2, 0.25) is 5.69 Å². The van der Waals surface area contributed by atoms with E-state index in [1.165, 1.54) is 12.4 Å². The lowest BCUT2D eigenvalue weighted by atomic mass is 10.2. The lowest BCUT2D eigenvalue weighted by Gasteiger charge is -2.10. The summed E-state index contributed by atoms with van der Waals surface area (Å²) >= 11 is 3.14. The number of pyridine rings is 1. The molecule has 2 rings (SSSR count). The first-order valence-corrected chi connectivity index (χ1v) is 5.91.